The number of ether oxygens (including phenoxy) is 2. The molecule has 6 rings (SSSR count). The summed E-state index contributed by atoms with van der Waals surface area (Å²) in [5.41, 5.74) is 2.89. The van der Waals surface area contributed by atoms with Gasteiger partial charge in [0.2, 0.25) is 0 Å². The fourth-order valence-electron chi connectivity index (χ4n) is 4.28. The molecule has 0 amide bonds. The van der Waals surface area contributed by atoms with Gasteiger partial charge < -0.3 is 9.47 Å². The number of carbonyl (C=O) groups is 2. The molecule has 17 heteroatoms. The summed E-state index contributed by atoms with van der Waals surface area (Å²) in [6.45, 7) is 4.51. The number of carbonyl (C=O) groups excluding carboxylic acids is 2. The van der Waals surface area contributed by atoms with E-state index in [1.165, 1.54) is 30.7 Å². The van der Waals surface area contributed by atoms with Crippen molar-refractivity contribution in [2.45, 2.75) is 26.3 Å². The maximum absolute atomic E-state index is 14.2. The van der Waals surface area contributed by atoms with Crippen molar-refractivity contribution in [2.24, 2.45) is 0 Å². The van der Waals surface area contributed by atoms with Crippen LogP contribution >= 0.6 is 80.0 Å². The highest BCUT2D eigenvalue weighted by Gasteiger charge is 2.16. The van der Waals surface area contributed by atoms with Crippen LogP contribution in [-0.2, 0) is 21.9 Å². The van der Waals surface area contributed by atoms with Gasteiger partial charge >= 0.3 is 11.9 Å². The number of esters is 2. The second kappa shape index (κ2) is 18.2. The van der Waals surface area contributed by atoms with Crippen molar-refractivity contribution < 1.29 is 27.8 Å². The number of H-pyrrole nitrogens is 1. The van der Waals surface area contributed by atoms with Gasteiger partial charge in [0.1, 0.15) is 41.2 Å². The minimum Gasteiger partial charge on any atom is -0.462 e. The highest BCUT2D eigenvalue weighted by Crippen LogP contribution is 2.23. The van der Waals surface area contributed by atoms with Crippen LogP contribution in [-0.4, -0.2) is 55.1 Å². The van der Waals surface area contributed by atoms with E-state index in [0.717, 1.165) is 5.56 Å². The molecule has 0 bridgehead atoms. The second-order valence-electron chi connectivity index (χ2n) is 9.81. The molecule has 0 fully saturated rings. The van der Waals surface area contributed by atoms with E-state index < -0.39 is 11.8 Å². The Kier molecular flexibility index (Phi) is 14.3. The van der Waals surface area contributed by atoms with Crippen molar-refractivity contribution in [3.05, 3.63) is 113 Å². The Morgan fingerprint density at radius 1 is 0.816 bits per heavy atom. The first-order chi connectivity index (χ1) is 23.4. The zero-order valence-electron chi connectivity index (χ0n) is 25.6. The lowest BCUT2D eigenvalue weighted by Crippen LogP contribution is -2.05. The van der Waals surface area contributed by atoms with Gasteiger partial charge in [-0.3, -0.25) is 19.7 Å². The van der Waals surface area contributed by atoms with Crippen LogP contribution in [0.1, 0.15) is 45.7 Å². The monoisotopic (exact) mass is 954 g/mol. The molecule has 6 aromatic rings. The van der Waals surface area contributed by atoms with Crippen LogP contribution < -0.4 is 0 Å². The fraction of sp³-hybridized carbons (Fsp3) is 0.188. The number of nitrogens with zero attached hydrogens (tertiary/aromatic N) is 5. The van der Waals surface area contributed by atoms with E-state index in [1.54, 1.807) is 49.0 Å². The molecule has 0 saturated heterocycles. The van der Waals surface area contributed by atoms with E-state index in [2.05, 4.69) is 25.3 Å². The Labute approximate surface area is 321 Å². The Bertz CT molecular complexity index is 2120. The normalized spacial score (nSPS) is 10.6. The van der Waals surface area contributed by atoms with E-state index in [4.69, 9.17) is 44.3 Å². The van der Waals surface area contributed by atoms with Crippen LogP contribution in [0.5, 0.6) is 0 Å². The van der Waals surface area contributed by atoms with Crippen molar-refractivity contribution >= 4 is 114 Å². The first-order valence-corrected chi connectivity index (χ1v) is 17.7. The first kappa shape index (κ1) is 38.6. The summed E-state index contributed by atoms with van der Waals surface area (Å²) < 4.78 is 40.2. The van der Waals surface area contributed by atoms with Crippen molar-refractivity contribution in [3.8, 4) is 0 Å². The predicted octanol–water partition coefficient (Wildman–Crippen LogP) is 9.01. The molecule has 4 heterocycles. The number of aromatic amines is 1. The Balaban J connectivity index is 0.000000183. The van der Waals surface area contributed by atoms with Crippen LogP contribution in [0.15, 0.2) is 61.2 Å². The molecule has 0 aliphatic heterocycles. The molecule has 1 N–H and O–H groups in total. The molecule has 0 aliphatic rings. The molecule has 49 heavy (non-hydrogen) atoms. The number of hydrogen-bond acceptors (Lipinski definition) is 8. The minimum atomic E-state index is -0.424. The number of benzene rings is 2. The average Bonchev–Trinajstić information content (AvgIpc) is 3.66. The van der Waals surface area contributed by atoms with Gasteiger partial charge in [-0.2, -0.15) is 10.2 Å². The summed E-state index contributed by atoms with van der Waals surface area (Å²) in [6.07, 6.45) is 5.89. The van der Waals surface area contributed by atoms with Gasteiger partial charge in [0.15, 0.2) is 0 Å². The summed E-state index contributed by atoms with van der Waals surface area (Å²) in [6, 6.07) is 9.70. The number of halogens is 7. The molecule has 2 aromatic carbocycles. The van der Waals surface area contributed by atoms with Crippen molar-refractivity contribution in [3.63, 3.8) is 0 Å². The molecular weight excluding hydrogens is 931 g/mol. The lowest BCUT2D eigenvalue weighted by Gasteiger charge is -2.05. The SMILES string of the molecule is CCOC(=O)c1cn(Cc2cc(F)c3ncc(Cl)cc3c2)nc1I.CCOC(=O)c1cn[nH]c1I.Fc1cc(CCl)cc2cc(Cl)cnc12. The highest BCUT2D eigenvalue weighted by molar-refractivity contribution is 14.1. The molecule has 0 unspecified atom stereocenters. The number of nitrogens with one attached hydrogen (secondary N) is 1. The summed E-state index contributed by atoms with van der Waals surface area (Å²) in [7, 11) is 0. The van der Waals surface area contributed by atoms with E-state index in [0.29, 0.717) is 70.2 Å². The quantitative estimate of drug-likeness (QED) is 0.0956. The van der Waals surface area contributed by atoms with Gasteiger partial charge in [-0.15, -0.1) is 11.6 Å². The molecule has 256 valence electrons. The lowest BCUT2D eigenvalue weighted by atomic mass is 10.1. The molecular formula is C32H25Cl3F2I2N6O4. The number of aromatic nitrogens is 6. The van der Waals surface area contributed by atoms with Crippen LogP contribution in [0.4, 0.5) is 8.78 Å². The smallest absolute Gasteiger partial charge is 0.342 e. The van der Waals surface area contributed by atoms with Gasteiger partial charge in [0.25, 0.3) is 0 Å². The zero-order valence-corrected chi connectivity index (χ0v) is 32.2. The van der Waals surface area contributed by atoms with Gasteiger partial charge in [0.05, 0.1) is 36.0 Å². The molecule has 0 aliphatic carbocycles. The third-order valence-electron chi connectivity index (χ3n) is 6.33. The highest BCUT2D eigenvalue weighted by atomic mass is 127. The van der Waals surface area contributed by atoms with Crippen LogP contribution in [0.3, 0.4) is 0 Å². The molecule has 0 spiro atoms. The Hall–Kier alpha value is -3.19. The molecule has 0 radical (unpaired) electrons. The summed E-state index contributed by atoms with van der Waals surface area (Å²) in [4.78, 5) is 30.8. The van der Waals surface area contributed by atoms with E-state index >= 15 is 0 Å². The van der Waals surface area contributed by atoms with Crippen LogP contribution in [0, 0.1) is 19.0 Å². The van der Waals surface area contributed by atoms with E-state index in [9.17, 15) is 18.4 Å². The number of hydrogen-bond donors (Lipinski definition) is 1. The minimum absolute atomic E-state index is 0.269. The average molecular weight is 956 g/mol. The molecule has 0 saturated carbocycles. The van der Waals surface area contributed by atoms with Crippen molar-refractivity contribution in [2.75, 3.05) is 13.2 Å². The third-order valence-corrected chi connectivity index (χ3v) is 8.67. The molecule has 10 nitrogen and oxygen atoms in total. The van der Waals surface area contributed by atoms with Crippen LogP contribution in [0.25, 0.3) is 21.8 Å². The van der Waals surface area contributed by atoms with Gasteiger partial charge in [0, 0.05) is 35.2 Å². The second-order valence-corrected chi connectivity index (χ2v) is 13.0. The number of fused-ring (bicyclic) bond motifs is 2. The van der Waals surface area contributed by atoms with Gasteiger partial charge in [-0.25, -0.2) is 18.4 Å². The van der Waals surface area contributed by atoms with Crippen molar-refractivity contribution in [1.82, 2.24) is 29.9 Å². The van der Waals surface area contributed by atoms with E-state index in [-0.39, 0.29) is 23.2 Å². The van der Waals surface area contributed by atoms with Crippen molar-refractivity contribution in [1.29, 1.82) is 0 Å². The van der Waals surface area contributed by atoms with Gasteiger partial charge in [-0.05, 0) is 107 Å². The number of pyridine rings is 2. The number of rotatable bonds is 7. The standard InChI is InChI=1S/C16H12ClFIN3O2.C10H6Cl2FN.C6H7IN2O2/c1-2-24-16(23)12-8-22(21-15(12)19)7-9-3-10-5-11(17)6-20-14(10)13(18)4-9;11-4-6-1-7-3-8(12)5-14-10(7)9(13)2-6;1-2-11-6(10)4-3-8-9-5(4)7/h3-6,8H,2,7H2,1H3;1-3,5H,4H2;3H,2H2,1H3,(H,8,9). The first-order valence-electron chi connectivity index (χ1n) is 14.2. The van der Waals surface area contributed by atoms with Gasteiger partial charge in [-0.1, -0.05) is 23.2 Å². The summed E-state index contributed by atoms with van der Waals surface area (Å²) in [5, 5.41) is 12.8. The van der Waals surface area contributed by atoms with Crippen LogP contribution in [0.2, 0.25) is 10.0 Å². The molecule has 4 aromatic heterocycles. The van der Waals surface area contributed by atoms with E-state index in [1.807, 2.05) is 45.2 Å². The summed E-state index contributed by atoms with van der Waals surface area (Å²) >= 11 is 21.2. The maximum atomic E-state index is 14.2. The Morgan fingerprint density at radius 3 is 1.86 bits per heavy atom. The predicted molar refractivity (Wildman–Crippen MR) is 200 cm³/mol. The lowest BCUT2D eigenvalue weighted by molar-refractivity contribution is 0.0515. The third kappa shape index (κ3) is 10.4. The fourth-order valence-corrected chi connectivity index (χ4v) is 5.90. The topological polar surface area (TPSA) is 125 Å². The Morgan fingerprint density at radius 2 is 1.35 bits per heavy atom. The number of alkyl halides is 1. The molecule has 0 atom stereocenters. The zero-order chi connectivity index (χ0) is 35.7. The largest absolute Gasteiger partial charge is 0.462 e. The maximum Gasteiger partial charge on any atom is 0.342 e. The summed E-state index contributed by atoms with van der Waals surface area (Å²) in [5.74, 6) is -1.26.